The summed E-state index contributed by atoms with van der Waals surface area (Å²) in [5.74, 6) is -0.901. The lowest BCUT2D eigenvalue weighted by molar-refractivity contribution is -0.140. The average Bonchev–Trinajstić information content (AvgIpc) is 3.46. The molecule has 3 aromatic carbocycles. The molecule has 0 aromatic heterocycles. The number of benzene rings is 3. The van der Waals surface area contributed by atoms with E-state index in [0.717, 1.165) is 35.6 Å². The third kappa shape index (κ3) is 7.40. The van der Waals surface area contributed by atoms with Crippen LogP contribution in [0.15, 0.2) is 71.6 Å². The number of hydrogen-bond acceptors (Lipinski definition) is 4. The molecule has 42 heavy (non-hydrogen) atoms. The molecule has 0 radical (unpaired) electrons. The minimum Gasteiger partial charge on any atom is -0.352 e. The fourth-order valence-corrected chi connectivity index (χ4v) is 7.38. The molecule has 1 fully saturated rings. The molecular weight excluding hydrogens is 617 g/mol. The van der Waals surface area contributed by atoms with Gasteiger partial charge in [0.25, 0.3) is 10.0 Å². The Bertz CT molecular complexity index is 1510. The van der Waals surface area contributed by atoms with Gasteiger partial charge in [0.1, 0.15) is 12.6 Å². The van der Waals surface area contributed by atoms with Crippen molar-refractivity contribution < 1.29 is 18.0 Å². The number of para-hydroxylation sites is 1. The molecule has 7 nitrogen and oxygen atoms in total. The predicted octanol–water partition coefficient (Wildman–Crippen LogP) is 7.02. The maximum atomic E-state index is 14.2. The Kier molecular flexibility index (Phi) is 10.8. The van der Waals surface area contributed by atoms with Gasteiger partial charge in [0, 0.05) is 28.2 Å². The number of nitrogens with zero attached hydrogens (tertiary/aromatic N) is 2. The molecule has 1 aliphatic rings. The molecule has 0 heterocycles. The molecule has 0 aliphatic heterocycles. The summed E-state index contributed by atoms with van der Waals surface area (Å²) < 4.78 is 29.0. The fraction of sp³-hybridized carbons (Fsp3) is 0.355. The monoisotopic (exact) mass is 649 g/mol. The van der Waals surface area contributed by atoms with Crippen LogP contribution in [0.2, 0.25) is 15.1 Å². The maximum Gasteiger partial charge on any atom is 0.264 e. The minimum atomic E-state index is -4.23. The first-order valence-corrected chi connectivity index (χ1v) is 16.5. The van der Waals surface area contributed by atoms with E-state index >= 15 is 0 Å². The molecule has 4 rings (SSSR count). The Balaban J connectivity index is 1.75. The van der Waals surface area contributed by atoms with Crippen molar-refractivity contribution in [2.45, 2.75) is 69.5 Å². The second-order valence-corrected chi connectivity index (χ2v) is 13.5. The van der Waals surface area contributed by atoms with E-state index in [4.69, 9.17) is 34.8 Å². The van der Waals surface area contributed by atoms with Crippen molar-refractivity contribution in [2.24, 2.45) is 0 Å². The summed E-state index contributed by atoms with van der Waals surface area (Å²) in [5.41, 5.74) is 1.50. The molecule has 11 heteroatoms. The van der Waals surface area contributed by atoms with E-state index in [1.807, 2.05) is 13.8 Å². The van der Waals surface area contributed by atoms with Crippen molar-refractivity contribution in [1.82, 2.24) is 10.2 Å². The quantitative estimate of drug-likeness (QED) is 0.242. The van der Waals surface area contributed by atoms with Crippen molar-refractivity contribution in [3.05, 3.63) is 92.9 Å². The molecule has 1 aliphatic carbocycles. The van der Waals surface area contributed by atoms with E-state index in [9.17, 15) is 18.0 Å². The normalized spacial score (nSPS) is 14.4. The van der Waals surface area contributed by atoms with E-state index in [-0.39, 0.29) is 34.1 Å². The van der Waals surface area contributed by atoms with Crippen LogP contribution in [0.3, 0.4) is 0 Å². The van der Waals surface area contributed by atoms with Crippen LogP contribution in [0.5, 0.6) is 0 Å². The van der Waals surface area contributed by atoms with Gasteiger partial charge in [-0.3, -0.25) is 13.9 Å². The number of hydrogen-bond donors (Lipinski definition) is 1. The Morgan fingerprint density at radius 1 is 0.905 bits per heavy atom. The largest absolute Gasteiger partial charge is 0.352 e. The van der Waals surface area contributed by atoms with Crippen molar-refractivity contribution >= 4 is 62.3 Å². The van der Waals surface area contributed by atoms with Crippen molar-refractivity contribution in [2.75, 3.05) is 10.8 Å². The topological polar surface area (TPSA) is 86.8 Å². The van der Waals surface area contributed by atoms with Crippen molar-refractivity contribution in [3.8, 4) is 0 Å². The molecule has 0 bridgehead atoms. The Labute approximate surface area is 262 Å². The number of sulfonamides is 1. The van der Waals surface area contributed by atoms with E-state index in [0.29, 0.717) is 22.0 Å². The zero-order valence-electron chi connectivity index (χ0n) is 23.5. The number of amides is 2. The molecule has 1 unspecified atom stereocenters. The molecule has 1 atom stereocenters. The second kappa shape index (κ2) is 14.1. The lowest BCUT2D eigenvalue weighted by Crippen LogP contribution is -2.53. The van der Waals surface area contributed by atoms with Gasteiger partial charge in [-0.25, -0.2) is 8.42 Å². The number of anilines is 1. The highest BCUT2D eigenvalue weighted by Crippen LogP contribution is 2.32. The fourth-order valence-electron chi connectivity index (χ4n) is 5.15. The summed E-state index contributed by atoms with van der Waals surface area (Å²) in [7, 11) is -4.23. The highest BCUT2D eigenvalue weighted by Gasteiger charge is 2.35. The van der Waals surface area contributed by atoms with Crippen LogP contribution in [-0.2, 0) is 26.2 Å². The van der Waals surface area contributed by atoms with Gasteiger partial charge in [-0.2, -0.15) is 0 Å². The summed E-state index contributed by atoms with van der Waals surface area (Å²) in [6.45, 7) is 2.97. The lowest BCUT2D eigenvalue weighted by atomic mass is 10.1. The third-order valence-electron chi connectivity index (χ3n) is 7.49. The molecule has 3 aromatic rings. The second-order valence-electron chi connectivity index (χ2n) is 10.4. The van der Waals surface area contributed by atoms with Gasteiger partial charge < -0.3 is 10.2 Å². The number of halogens is 3. The Morgan fingerprint density at radius 3 is 2.10 bits per heavy atom. The van der Waals surface area contributed by atoms with Crippen LogP contribution < -0.4 is 9.62 Å². The van der Waals surface area contributed by atoms with E-state index in [1.54, 1.807) is 54.6 Å². The molecule has 1 N–H and O–H groups in total. The van der Waals surface area contributed by atoms with Crippen LogP contribution in [0.1, 0.15) is 50.2 Å². The minimum absolute atomic E-state index is 0.00698. The summed E-state index contributed by atoms with van der Waals surface area (Å²) in [4.78, 5) is 29.2. The van der Waals surface area contributed by atoms with Gasteiger partial charge in [-0.15, -0.1) is 0 Å². The van der Waals surface area contributed by atoms with Crippen LogP contribution in [0, 0.1) is 6.92 Å². The van der Waals surface area contributed by atoms with Gasteiger partial charge in [0.05, 0.1) is 15.6 Å². The summed E-state index contributed by atoms with van der Waals surface area (Å²) in [5, 5.41) is 3.91. The summed E-state index contributed by atoms with van der Waals surface area (Å²) in [6.07, 6.45) is 4.11. The van der Waals surface area contributed by atoms with Crippen LogP contribution in [0.4, 0.5) is 5.69 Å². The zero-order chi connectivity index (χ0) is 30.4. The van der Waals surface area contributed by atoms with E-state index in [1.165, 1.54) is 17.0 Å². The third-order valence-corrected chi connectivity index (χ3v) is 10.3. The van der Waals surface area contributed by atoms with Crippen LogP contribution in [0.25, 0.3) is 0 Å². The number of aryl methyl sites for hydroxylation is 1. The Hall–Kier alpha value is -2.78. The average molecular weight is 651 g/mol. The molecule has 0 saturated heterocycles. The smallest absolute Gasteiger partial charge is 0.264 e. The number of rotatable bonds is 11. The Morgan fingerprint density at radius 2 is 1.50 bits per heavy atom. The highest BCUT2D eigenvalue weighted by molar-refractivity contribution is 7.92. The molecular formula is C31H34Cl3N3O4S. The van der Waals surface area contributed by atoms with Gasteiger partial charge in [0.15, 0.2) is 0 Å². The van der Waals surface area contributed by atoms with Gasteiger partial charge in [-0.1, -0.05) is 90.5 Å². The first kappa shape index (κ1) is 32.1. The van der Waals surface area contributed by atoms with Crippen molar-refractivity contribution in [1.29, 1.82) is 0 Å². The number of carbonyl (C=O) groups is 2. The predicted molar refractivity (Wildman–Crippen MR) is 169 cm³/mol. The van der Waals surface area contributed by atoms with Gasteiger partial charge in [-0.05, 0) is 62.6 Å². The standard InChI is InChI=1S/C31H34Cl3N3O4S/c1-3-28(31(39)35-22-9-4-5-10-22)36(19-24-25(32)12-8-13-26(24)33)30(38)20-37(29-14-7-6-11-27(29)34)42(40,41)23-17-15-21(2)16-18-23/h6-8,11-18,22,28H,3-5,9-10,19-20H2,1-2H3,(H,35,39). The highest BCUT2D eigenvalue weighted by atomic mass is 35.5. The number of nitrogens with one attached hydrogen (secondary N) is 1. The van der Waals surface area contributed by atoms with Crippen LogP contribution >= 0.6 is 34.8 Å². The summed E-state index contributed by atoms with van der Waals surface area (Å²) in [6, 6.07) is 16.9. The molecule has 224 valence electrons. The molecule has 2 amide bonds. The van der Waals surface area contributed by atoms with Crippen molar-refractivity contribution in [3.63, 3.8) is 0 Å². The molecule has 1 saturated carbocycles. The van der Waals surface area contributed by atoms with Crippen LogP contribution in [-0.4, -0.2) is 43.8 Å². The summed E-state index contributed by atoms with van der Waals surface area (Å²) >= 11 is 19.4. The number of carbonyl (C=O) groups excluding carboxylic acids is 2. The van der Waals surface area contributed by atoms with E-state index in [2.05, 4.69) is 5.32 Å². The first-order chi connectivity index (χ1) is 20.0. The maximum absolute atomic E-state index is 14.2. The first-order valence-electron chi connectivity index (χ1n) is 13.9. The SMILES string of the molecule is CCC(C(=O)NC1CCCC1)N(Cc1c(Cl)cccc1Cl)C(=O)CN(c1ccccc1Cl)S(=O)(=O)c1ccc(C)cc1. The zero-order valence-corrected chi connectivity index (χ0v) is 26.6. The van der Waals surface area contributed by atoms with Gasteiger partial charge in [0.2, 0.25) is 11.8 Å². The molecule has 0 spiro atoms. The van der Waals surface area contributed by atoms with Gasteiger partial charge >= 0.3 is 0 Å². The van der Waals surface area contributed by atoms with E-state index < -0.39 is 28.5 Å². The lowest BCUT2D eigenvalue weighted by Gasteiger charge is -2.34.